The number of fused-ring (bicyclic) bond motifs is 3. The van der Waals surface area contributed by atoms with Crippen LogP contribution in [0.2, 0.25) is 5.02 Å². The van der Waals surface area contributed by atoms with E-state index in [0.29, 0.717) is 23.2 Å². The summed E-state index contributed by atoms with van der Waals surface area (Å²) in [6.07, 6.45) is 4.85. The summed E-state index contributed by atoms with van der Waals surface area (Å²) in [6.45, 7) is 2.99. The van der Waals surface area contributed by atoms with E-state index in [2.05, 4.69) is 36.5 Å². The van der Waals surface area contributed by atoms with Gasteiger partial charge in [0.25, 0.3) is 0 Å². The molecule has 0 amide bonds. The summed E-state index contributed by atoms with van der Waals surface area (Å²) in [7, 11) is 1.63. The van der Waals surface area contributed by atoms with Crippen LogP contribution in [0.25, 0.3) is 20.3 Å². The highest BCUT2D eigenvalue weighted by molar-refractivity contribution is 7.25. The first-order valence-electron chi connectivity index (χ1n) is 10.9. The molecule has 0 atom stereocenters. The molecule has 1 aliphatic carbocycles. The third-order valence-corrected chi connectivity index (χ3v) is 7.67. The molecule has 0 unspecified atom stereocenters. The molecule has 0 bridgehead atoms. The van der Waals surface area contributed by atoms with Crippen molar-refractivity contribution in [1.82, 2.24) is 9.97 Å². The molecule has 1 saturated carbocycles. The normalized spacial score (nSPS) is 19.1. The van der Waals surface area contributed by atoms with Gasteiger partial charge in [-0.05, 0) is 42.5 Å². The molecule has 31 heavy (non-hydrogen) atoms. The molecule has 160 valence electrons. The summed E-state index contributed by atoms with van der Waals surface area (Å²) in [4.78, 5) is 11.2. The van der Waals surface area contributed by atoms with Crippen molar-refractivity contribution in [2.45, 2.75) is 45.1 Å². The zero-order valence-corrected chi connectivity index (χ0v) is 19.4. The maximum absolute atomic E-state index is 6.33. The minimum absolute atomic E-state index is 0.446. The van der Waals surface area contributed by atoms with Gasteiger partial charge < -0.3 is 10.1 Å². The topological polar surface area (TPSA) is 47.0 Å². The van der Waals surface area contributed by atoms with Gasteiger partial charge in [0.15, 0.2) is 0 Å². The Morgan fingerprint density at radius 1 is 1.10 bits per heavy atom. The van der Waals surface area contributed by atoms with Crippen molar-refractivity contribution < 1.29 is 4.74 Å². The number of anilines is 1. The largest absolute Gasteiger partial charge is 0.495 e. The highest BCUT2D eigenvalue weighted by Gasteiger charge is 2.24. The van der Waals surface area contributed by atoms with E-state index in [9.17, 15) is 0 Å². The number of rotatable bonds is 5. The van der Waals surface area contributed by atoms with Crippen molar-refractivity contribution in [3.05, 3.63) is 58.9 Å². The Labute approximate surface area is 191 Å². The predicted molar refractivity (Wildman–Crippen MR) is 131 cm³/mol. The van der Waals surface area contributed by atoms with Gasteiger partial charge in [0, 0.05) is 22.5 Å². The lowest BCUT2D eigenvalue weighted by Crippen LogP contribution is -2.14. The van der Waals surface area contributed by atoms with Gasteiger partial charge in [0.05, 0.1) is 17.5 Å². The van der Waals surface area contributed by atoms with Crippen LogP contribution >= 0.6 is 22.9 Å². The first-order chi connectivity index (χ1) is 15.1. The summed E-state index contributed by atoms with van der Waals surface area (Å²) in [5, 5.41) is 6.54. The molecule has 1 N–H and O–H groups in total. The molecule has 4 aromatic rings. The Balaban J connectivity index is 1.53. The second kappa shape index (κ2) is 8.64. The fraction of sp³-hybridized carbons (Fsp3) is 0.360. The molecule has 2 aromatic heterocycles. The molecule has 0 saturated heterocycles. The van der Waals surface area contributed by atoms with Crippen LogP contribution in [0.5, 0.6) is 5.75 Å². The number of hydrogen-bond donors (Lipinski definition) is 1. The second-order valence-corrected chi connectivity index (χ2v) is 9.93. The van der Waals surface area contributed by atoms with Crippen molar-refractivity contribution in [2.75, 3.05) is 12.4 Å². The number of halogens is 1. The number of methoxy groups -OCH3 is 1. The Kier molecular flexibility index (Phi) is 5.72. The fourth-order valence-corrected chi connectivity index (χ4v) is 5.84. The molecule has 1 aliphatic rings. The number of hydrogen-bond acceptors (Lipinski definition) is 5. The molecule has 2 aromatic carbocycles. The van der Waals surface area contributed by atoms with E-state index in [1.165, 1.54) is 35.8 Å². The average molecular weight is 452 g/mol. The first-order valence-corrected chi connectivity index (χ1v) is 12.1. The van der Waals surface area contributed by atoms with Crippen LogP contribution in [0, 0.1) is 5.92 Å². The molecule has 2 heterocycles. The Morgan fingerprint density at radius 2 is 1.90 bits per heavy atom. The summed E-state index contributed by atoms with van der Waals surface area (Å²) in [5.41, 5.74) is 1.09. The molecule has 1 fully saturated rings. The number of benzene rings is 2. The smallest absolute Gasteiger partial charge is 0.139 e. The minimum Gasteiger partial charge on any atom is -0.495 e. The maximum Gasteiger partial charge on any atom is 0.139 e. The monoisotopic (exact) mass is 451 g/mol. The summed E-state index contributed by atoms with van der Waals surface area (Å²) in [5.74, 6) is 3.85. The standard InChI is InChI=1S/C25H26ClN3OS/c1-15-7-10-17(11-8-15)23-28-24(27-14-16-9-12-20(30-2)19(26)13-16)22-18-5-3-4-6-21(18)31-25(22)29-23/h3-6,9,12-13,15,17H,7-8,10-11,14H2,1-2H3,(H,27,28,29). The fourth-order valence-electron chi connectivity index (χ4n) is 4.47. The van der Waals surface area contributed by atoms with E-state index in [1.807, 2.05) is 18.2 Å². The second-order valence-electron chi connectivity index (χ2n) is 8.49. The van der Waals surface area contributed by atoms with E-state index in [1.54, 1.807) is 18.4 Å². The molecule has 5 rings (SSSR count). The Hall–Kier alpha value is -2.37. The van der Waals surface area contributed by atoms with Gasteiger partial charge in [-0.1, -0.05) is 55.6 Å². The highest BCUT2D eigenvalue weighted by atomic mass is 35.5. The quantitative estimate of drug-likeness (QED) is 0.343. The van der Waals surface area contributed by atoms with Gasteiger partial charge in [0.1, 0.15) is 22.2 Å². The number of nitrogens with one attached hydrogen (secondary N) is 1. The van der Waals surface area contributed by atoms with Crippen LogP contribution < -0.4 is 10.1 Å². The van der Waals surface area contributed by atoms with E-state index in [0.717, 1.165) is 33.3 Å². The van der Waals surface area contributed by atoms with Crippen molar-refractivity contribution in [2.24, 2.45) is 5.92 Å². The zero-order valence-electron chi connectivity index (χ0n) is 17.8. The van der Waals surface area contributed by atoms with Crippen molar-refractivity contribution >= 4 is 49.1 Å². The maximum atomic E-state index is 6.33. The molecular weight excluding hydrogens is 426 g/mol. The van der Waals surface area contributed by atoms with Gasteiger partial charge in [-0.2, -0.15) is 0 Å². The zero-order chi connectivity index (χ0) is 21.4. The van der Waals surface area contributed by atoms with Crippen molar-refractivity contribution in [3.8, 4) is 5.75 Å². The van der Waals surface area contributed by atoms with Gasteiger partial charge in [-0.3, -0.25) is 0 Å². The Morgan fingerprint density at radius 3 is 2.68 bits per heavy atom. The number of nitrogens with zero attached hydrogens (tertiary/aromatic N) is 2. The summed E-state index contributed by atoms with van der Waals surface area (Å²) < 4.78 is 6.52. The molecule has 0 radical (unpaired) electrons. The molecule has 4 nitrogen and oxygen atoms in total. The van der Waals surface area contributed by atoms with Crippen LogP contribution in [0.4, 0.5) is 5.82 Å². The lowest BCUT2D eigenvalue weighted by Gasteiger charge is -2.25. The number of ether oxygens (including phenoxy) is 1. The lowest BCUT2D eigenvalue weighted by atomic mass is 9.82. The predicted octanol–water partition coefficient (Wildman–Crippen LogP) is 7.41. The van der Waals surface area contributed by atoms with Gasteiger partial charge in [-0.15, -0.1) is 11.3 Å². The van der Waals surface area contributed by atoms with Crippen LogP contribution in [0.1, 0.15) is 49.9 Å². The van der Waals surface area contributed by atoms with E-state index >= 15 is 0 Å². The average Bonchev–Trinajstić information content (AvgIpc) is 3.16. The highest BCUT2D eigenvalue weighted by Crippen LogP contribution is 2.40. The van der Waals surface area contributed by atoms with Crippen LogP contribution in [0.15, 0.2) is 42.5 Å². The van der Waals surface area contributed by atoms with Gasteiger partial charge in [0.2, 0.25) is 0 Å². The summed E-state index contributed by atoms with van der Waals surface area (Å²) in [6, 6.07) is 14.4. The van der Waals surface area contributed by atoms with E-state index in [-0.39, 0.29) is 0 Å². The third kappa shape index (κ3) is 4.09. The van der Waals surface area contributed by atoms with Crippen molar-refractivity contribution in [1.29, 1.82) is 0 Å². The van der Waals surface area contributed by atoms with Crippen LogP contribution in [-0.2, 0) is 6.54 Å². The lowest BCUT2D eigenvalue weighted by molar-refractivity contribution is 0.340. The third-order valence-electron chi connectivity index (χ3n) is 6.31. The SMILES string of the molecule is COc1ccc(CNc2nc(C3CCC(C)CC3)nc3sc4ccccc4c23)cc1Cl. The summed E-state index contributed by atoms with van der Waals surface area (Å²) >= 11 is 8.08. The van der Waals surface area contributed by atoms with Crippen molar-refractivity contribution in [3.63, 3.8) is 0 Å². The van der Waals surface area contributed by atoms with Gasteiger partial charge >= 0.3 is 0 Å². The molecular formula is C25H26ClN3OS. The molecule has 0 spiro atoms. The Bertz CT molecular complexity index is 1230. The molecule has 6 heteroatoms. The number of aromatic nitrogens is 2. The van der Waals surface area contributed by atoms with E-state index < -0.39 is 0 Å². The minimum atomic E-state index is 0.446. The van der Waals surface area contributed by atoms with Gasteiger partial charge in [-0.25, -0.2) is 9.97 Å². The van der Waals surface area contributed by atoms with Crippen LogP contribution in [-0.4, -0.2) is 17.1 Å². The van der Waals surface area contributed by atoms with Crippen LogP contribution in [0.3, 0.4) is 0 Å². The number of thiophene rings is 1. The first kappa shape index (κ1) is 20.5. The molecule has 0 aliphatic heterocycles. The van der Waals surface area contributed by atoms with E-state index in [4.69, 9.17) is 26.3 Å².